The van der Waals surface area contributed by atoms with E-state index in [4.69, 9.17) is 0 Å². The Hall–Kier alpha value is -3.56. The first-order chi connectivity index (χ1) is 12.5. The molecule has 2 amide bonds. The molecule has 0 atom stereocenters. The van der Waals surface area contributed by atoms with E-state index in [0.717, 1.165) is 0 Å². The van der Waals surface area contributed by atoms with E-state index in [9.17, 15) is 14.4 Å². The summed E-state index contributed by atoms with van der Waals surface area (Å²) in [5.41, 5.74) is 1.26. The molecule has 0 saturated heterocycles. The van der Waals surface area contributed by atoms with Gasteiger partial charge in [0.25, 0.3) is 5.56 Å². The number of hydrogen-bond acceptors (Lipinski definition) is 6. The Kier molecular flexibility index (Phi) is 4.74. The van der Waals surface area contributed by atoms with E-state index >= 15 is 0 Å². The Morgan fingerprint density at radius 1 is 1.12 bits per heavy atom. The van der Waals surface area contributed by atoms with Crippen LogP contribution >= 0.6 is 0 Å². The molecule has 1 aromatic carbocycles. The molecule has 3 rings (SSSR count). The predicted octanol–water partition coefficient (Wildman–Crippen LogP) is 0.605. The number of carbonyl (C=O) groups excluding carboxylic acids is 2. The molecule has 0 radical (unpaired) electrons. The highest BCUT2D eigenvalue weighted by molar-refractivity contribution is 5.92. The van der Waals surface area contributed by atoms with Crippen LogP contribution in [-0.4, -0.2) is 36.4 Å². The van der Waals surface area contributed by atoms with Gasteiger partial charge in [0, 0.05) is 24.8 Å². The molecule has 134 valence electrons. The molecule has 26 heavy (non-hydrogen) atoms. The molecule has 10 nitrogen and oxygen atoms in total. The largest absolute Gasteiger partial charge is 0.326 e. The second-order valence-corrected chi connectivity index (χ2v) is 5.56. The fourth-order valence-corrected chi connectivity index (χ4v) is 2.41. The normalized spacial score (nSPS) is 10.7. The molecule has 2 N–H and O–H groups in total. The summed E-state index contributed by atoms with van der Waals surface area (Å²) in [4.78, 5) is 39.7. The van der Waals surface area contributed by atoms with Crippen LogP contribution in [0.5, 0.6) is 0 Å². The molecule has 10 heteroatoms. The molecular weight excluding hydrogens is 338 g/mol. The van der Waals surface area contributed by atoms with Crippen LogP contribution in [0.15, 0.2) is 35.4 Å². The third-order valence-electron chi connectivity index (χ3n) is 3.59. The molecule has 0 fully saturated rings. The molecule has 0 aliphatic heterocycles. The Balaban J connectivity index is 1.72. The summed E-state index contributed by atoms with van der Waals surface area (Å²) in [6.45, 7) is 3.62. The third-order valence-corrected chi connectivity index (χ3v) is 3.59. The number of aromatic nitrogens is 5. The predicted molar refractivity (Wildman–Crippen MR) is 94.6 cm³/mol. The molecule has 2 aromatic heterocycles. The minimum Gasteiger partial charge on any atom is -0.326 e. The highest BCUT2D eigenvalue weighted by atomic mass is 16.2. The van der Waals surface area contributed by atoms with Gasteiger partial charge in [0.15, 0.2) is 11.2 Å². The van der Waals surface area contributed by atoms with Crippen LogP contribution in [0.4, 0.5) is 11.4 Å². The van der Waals surface area contributed by atoms with Crippen LogP contribution in [0, 0.1) is 0 Å². The highest BCUT2D eigenvalue weighted by Gasteiger charge is 2.13. The Bertz CT molecular complexity index is 1020. The smallest absolute Gasteiger partial charge is 0.283 e. The summed E-state index contributed by atoms with van der Waals surface area (Å²) in [6.07, 6.45) is 1.31. The van der Waals surface area contributed by atoms with E-state index in [0.29, 0.717) is 23.6 Å². The van der Waals surface area contributed by atoms with Crippen molar-refractivity contribution in [3.63, 3.8) is 0 Å². The van der Waals surface area contributed by atoms with E-state index in [1.165, 1.54) is 22.5 Å². The van der Waals surface area contributed by atoms with Gasteiger partial charge in [-0.1, -0.05) is 5.21 Å². The maximum absolute atomic E-state index is 12.4. The maximum Gasteiger partial charge on any atom is 0.283 e. The number of aryl methyl sites for hydroxylation is 1. The van der Waals surface area contributed by atoms with Gasteiger partial charge in [-0.15, -0.1) is 5.10 Å². The number of nitrogens with zero attached hydrogens (tertiary/aromatic N) is 5. The van der Waals surface area contributed by atoms with Gasteiger partial charge in [-0.25, -0.2) is 9.67 Å². The van der Waals surface area contributed by atoms with Crippen molar-refractivity contribution in [2.45, 2.75) is 26.9 Å². The van der Waals surface area contributed by atoms with Crippen molar-refractivity contribution < 1.29 is 9.59 Å². The van der Waals surface area contributed by atoms with Crippen LogP contribution < -0.4 is 16.2 Å². The first-order valence-corrected chi connectivity index (χ1v) is 7.94. The zero-order valence-electron chi connectivity index (χ0n) is 14.3. The molecule has 0 bridgehead atoms. The van der Waals surface area contributed by atoms with Gasteiger partial charge in [-0.05, 0) is 31.2 Å². The van der Waals surface area contributed by atoms with E-state index in [-0.39, 0.29) is 23.9 Å². The summed E-state index contributed by atoms with van der Waals surface area (Å²) >= 11 is 0. The summed E-state index contributed by atoms with van der Waals surface area (Å²) < 4.78 is 2.69. The van der Waals surface area contributed by atoms with Gasteiger partial charge < -0.3 is 10.6 Å². The Morgan fingerprint density at radius 2 is 1.77 bits per heavy atom. The van der Waals surface area contributed by atoms with Gasteiger partial charge in [0.2, 0.25) is 11.8 Å². The number of nitrogens with one attached hydrogen (secondary N) is 2. The van der Waals surface area contributed by atoms with Crippen molar-refractivity contribution in [3.8, 4) is 0 Å². The third kappa shape index (κ3) is 3.58. The van der Waals surface area contributed by atoms with Crippen molar-refractivity contribution in [2.24, 2.45) is 0 Å². The standard InChI is InChI=1S/C16H17N7O3/c1-3-23-15-14(20-21-23)16(26)22(9-17-15)8-13(25)19-12-6-4-11(5-7-12)18-10(2)24/h4-7,9H,3,8H2,1-2H3,(H,18,24)(H,19,25). The van der Waals surface area contributed by atoms with Crippen LogP contribution in [0.3, 0.4) is 0 Å². The zero-order valence-corrected chi connectivity index (χ0v) is 14.3. The van der Waals surface area contributed by atoms with Crippen molar-refractivity contribution in [2.75, 3.05) is 10.6 Å². The fraction of sp³-hybridized carbons (Fsp3) is 0.250. The van der Waals surface area contributed by atoms with Crippen molar-refractivity contribution in [1.82, 2.24) is 24.5 Å². The summed E-state index contributed by atoms with van der Waals surface area (Å²) in [7, 11) is 0. The van der Waals surface area contributed by atoms with Gasteiger partial charge in [0.05, 0.1) is 0 Å². The zero-order chi connectivity index (χ0) is 18.7. The molecular formula is C16H17N7O3. The summed E-state index contributed by atoms with van der Waals surface area (Å²) in [5, 5.41) is 13.0. The van der Waals surface area contributed by atoms with Gasteiger partial charge in [0.1, 0.15) is 12.9 Å². The lowest BCUT2D eigenvalue weighted by molar-refractivity contribution is -0.117. The maximum atomic E-state index is 12.4. The molecule has 0 aliphatic rings. The number of anilines is 2. The number of rotatable bonds is 5. The van der Waals surface area contributed by atoms with E-state index in [1.807, 2.05) is 6.92 Å². The SMILES string of the molecule is CCn1nnc2c(=O)n(CC(=O)Nc3ccc(NC(C)=O)cc3)cnc21. The fourth-order valence-electron chi connectivity index (χ4n) is 2.41. The molecule has 3 aromatic rings. The molecule has 0 aliphatic carbocycles. The van der Waals surface area contributed by atoms with Crippen LogP contribution in [0.25, 0.3) is 11.2 Å². The molecule has 0 spiro atoms. The Labute approximate surface area is 147 Å². The summed E-state index contributed by atoms with van der Waals surface area (Å²) in [5.74, 6) is -0.563. The van der Waals surface area contributed by atoms with Crippen LogP contribution in [0.2, 0.25) is 0 Å². The second-order valence-electron chi connectivity index (χ2n) is 5.56. The minimum atomic E-state index is -0.425. The number of amides is 2. The van der Waals surface area contributed by atoms with E-state index in [2.05, 4.69) is 25.9 Å². The average molecular weight is 355 g/mol. The molecule has 0 saturated carbocycles. The lowest BCUT2D eigenvalue weighted by Crippen LogP contribution is -2.28. The van der Waals surface area contributed by atoms with Gasteiger partial charge in [-0.3, -0.25) is 19.0 Å². The van der Waals surface area contributed by atoms with Crippen molar-refractivity contribution >= 4 is 34.4 Å². The highest BCUT2D eigenvalue weighted by Crippen LogP contribution is 2.13. The number of fused-ring (bicyclic) bond motifs is 1. The lowest BCUT2D eigenvalue weighted by Gasteiger charge is -2.08. The first kappa shape index (κ1) is 17.3. The number of hydrogen-bond donors (Lipinski definition) is 2. The topological polar surface area (TPSA) is 124 Å². The quantitative estimate of drug-likeness (QED) is 0.691. The average Bonchev–Trinajstić information content (AvgIpc) is 3.02. The summed E-state index contributed by atoms with van der Waals surface area (Å²) in [6, 6.07) is 6.64. The second kappa shape index (κ2) is 7.13. The number of carbonyl (C=O) groups is 2. The minimum absolute atomic E-state index is 0.127. The molecule has 0 unspecified atom stereocenters. The van der Waals surface area contributed by atoms with Gasteiger partial charge >= 0.3 is 0 Å². The van der Waals surface area contributed by atoms with E-state index < -0.39 is 5.56 Å². The monoisotopic (exact) mass is 355 g/mol. The van der Waals surface area contributed by atoms with E-state index in [1.54, 1.807) is 24.3 Å². The van der Waals surface area contributed by atoms with Crippen LogP contribution in [0.1, 0.15) is 13.8 Å². The van der Waals surface area contributed by atoms with Crippen molar-refractivity contribution in [3.05, 3.63) is 40.9 Å². The van der Waals surface area contributed by atoms with Crippen LogP contribution in [-0.2, 0) is 22.7 Å². The number of benzene rings is 1. The first-order valence-electron chi connectivity index (χ1n) is 7.94. The Morgan fingerprint density at radius 3 is 2.38 bits per heavy atom. The van der Waals surface area contributed by atoms with Gasteiger partial charge in [-0.2, -0.15) is 0 Å². The lowest BCUT2D eigenvalue weighted by atomic mass is 10.2. The molecule has 2 heterocycles. The van der Waals surface area contributed by atoms with Crippen molar-refractivity contribution in [1.29, 1.82) is 0 Å².